The quantitative estimate of drug-likeness (QED) is 0.866. The van der Waals surface area contributed by atoms with Crippen molar-refractivity contribution in [1.82, 2.24) is 0 Å². The van der Waals surface area contributed by atoms with Crippen LogP contribution in [0.2, 0.25) is 5.02 Å². The molecule has 1 atom stereocenters. The Morgan fingerprint density at radius 3 is 2.53 bits per heavy atom. The number of aliphatic hydroxyl groups is 1. The summed E-state index contributed by atoms with van der Waals surface area (Å²) < 4.78 is 0.885. The van der Waals surface area contributed by atoms with Crippen molar-refractivity contribution in [3.63, 3.8) is 0 Å². The Hall–Kier alpha value is -0.830. The zero-order valence-corrected chi connectivity index (χ0v) is 11.7. The molecule has 88 valence electrons. The average molecular weight is 312 g/mol. The van der Waals surface area contributed by atoms with Crippen LogP contribution in [0.4, 0.5) is 0 Å². The minimum atomic E-state index is -0.710. The maximum absolute atomic E-state index is 10.4. The van der Waals surface area contributed by atoms with Gasteiger partial charge in [0.15, 0.2) is 0 Å². The minimum Gasteiger partial charge on any atom is -0.384 e. The van der Waals surface area contributed by atoms with Crippen LogP contribution in [0, 0.1) is 6.92 Å². The van der Waals surface area contributed by atoms with E-state index in [1.807, 2.05) is 43.3 Å². The van der Waals surface area contributed by atoms with Crippen molar-refractivity contribution in [2.24, 2.45) is 0 Å². The number of rotatable bonds is 2. The van der Waals surface area contributed by atoms with Gasteiger partial charge in [-0.3, -0.25) is 0 Å². The zero-order chi connectivity index (χ0) is 12.4. The van der Waals surface area contributed by atoms with E-state index in [2.05, 4.69) is 15.9 Å². The highest BCUT2D eigenvalue weighted by Gasteiger charge is 2.16. The third kappa shape index (κ3) is 2.71. The van der Waals surface area contributed by atoms with Crippen molar-refractivity contribution < 1.29 is 5.11 Å². The van der Waals surface area contributed by atoms with Crippen molar-refractivity contribution in [3.8, 4) is 0 Å². The maximum atomic E-state index is 10.4. The molecule has 0 radical (unpaired) electrons. The van der Waals surface area contributed by atoms with Crippen LogP contribution in [0.1, 0.15) is 22.8 Å². The molecule has 0 saturated heterocycles. The van der Waals surface area contributed by atoms with Gasteiger partial charge in [0.1, 0.15) is 6.10 Å². The number of aliphatic hydroxyl groups excluding tert-OH is 1. The van der Waals surface area contributed by atoms with Crippen LogP contribution in [-0.2, 0) is 0 Å². The van der Waals surface area contributed by atoms with E-state index in [9.17, 15) is 5.11 Å². The van der Waals surface area contributed by atoms with Crippen LogP contribution in [-0.4, -0.2) is 5.11 Å². The normalized spacial score (nSPS) is 12.5. The number of benzene rings is 2. The van der Waals surface area contributed by atoms with Gasteiger partial charge in [0, 0.05) is 15.1 Å². The van der Waals surface area contributed by atoms with E-state index in [0.717, 1.165) is 21.2 Å². The predicted molar refractivity (Wildman–Crippen MR) is 74.4 cm³/mol. The second kappa shape index (κ2) is 5.21. The fraction of sp³-hybridized carbons (Fsp3) is 0.143. The number of hydrogen-bond donors (Lipinski definition) is 1. The Kier molecular flexibility index (Phi) is 3.87. The molecule has 0 aromatic heterocycles. The lowest BCUT2D eigenvalue weighted by molar-refractivity contribution is 0.219. The van der Waals surface area contributed by atoms with E-state index in [1.54, 1.807) is 6.07 Å². The highest BCUT2D eigenvalue weighted by atomic mass is 79.9. The molecule has 2 aromatic rings. The lowest BCUT2D eigenvalue weighted by Crippen LogP contribution is -2.01. The van der Waals surface area contributed by atoms with Crippen molar-refractivity contribution in [2.45, 2.75) is 13.0 Å². The van der Waals surface area contributed by atoms with Gasteiger partial charge in [-0.25, -0.2) is 0 Å². The molecule has 1 N–H and O–H groups in total. The van der Waals surface area contributed by atoms with Crippen molar-refractivity contribution >= 4 is 27.5 Å². The van der Waals surface area contributed by atoms with Gasteiger partial charge in [-0.15, -0.1) is 0 Å². The summed E-state index contributed by atoms with van der Waals surface area (Å²) in [6.07, 6.45) is -0.710. The first-order chi connectivity index (χ1) is 8.09. The maximum Gasteiger partial charge on any atom is 0.107 e. The molecule has 1 nitrogen and oxygen atoms in total. The van der Waals surface area contributed by atoms with Crippen molar-refractivity contribution in [3.05, 3.63) is 68.7 Å². The molecule has 0 spiro atoms. The molecule has 1 unspecified atom stereocenters. The summed E-state index contributed by atoms with van der Waals surface area (Å²) in [5.74, 6) is 0. The molecule has 2 aromatic carbocycles. The van der Waals surface area contributed by atoms with Gasteiger partial charge in [0.2, 0.25) is 0 Å². The summed E-state index contributed by atoms with van der Waals surface area (Å²) in [5.41, 5.74) is 2.66. The molecule has 0 aliphatic carbocycles. The molecule has 0 bridgehead atoms. The zero-order valence-electron chi connectivity index (χ0n) is 9.32. The SMILES string of the molecule is Cc1ccc(Br)c(C(O)c2ccccc2Cl)c1. The molecule has 0 aliphatic rings. The van der Waals surface area contributed by atoms with E-state index in [4.69, 9.17) is 11.6 Å². The summed E-state index contributed by atoms with van der Waals surface area (Å²) in [6.45, 7) is 2.00. The minimum absolute atomic E-state index is 0.577. The Labute approximate surface area is 114 Å². The Morgan fingerprint density at radius 1 is 1.12 bits per heavy atom. The van der Waals surface area contributed by atoms with E-state index in [0.29, 0.717) is 5.02 Å². The average Bonchev–Trinajstić information content (AvgIpc) is 2.32. The lowest BCUT2D eigenvalue weighted by atomic mass is 10.00. The molecule has 3 heteroatoms. The molecular formula is C14H12BrClO. The second-order valence-corrected chi connectivity index (χ2v) is 5.21. The van der Waals surface area contributed by atoms with Crippen LogP contribution < -0.4 is 0 Å². The second-order valence-electron chi connectivity index (χ2n) is 3.95. The summed E-state index contributed by atoms with van der Waals surface area (Å²) in [4.78, 5) is 0. The van der Waals surface area contributed by atoms with Crippen LogP contribution in [0.5, 0.6) is 0 Å². The van der Waals surface area contributed by atoms with Crippen LogP contribution in [0.25, 0.3) is 0 Å². The van der Waals surface area contributed by atoms with E-state index in [1.165, 1.54) is 0 Å². The number of aryl methyl sites for hydroxylation is 1. The predicted octanol–water partition coefficient (Wildman–Crippen LogP) is 4.49. The van der Waals surface area contributed by atoms with E-state index in [-0.39, 0.29) is 0 Å². The summed E-state index contributed by atoms with van der Waals surface area (Å²) in [7, 11) is 0. The van der Waals surface area contributed by atoms with Gasteiger partial charge in [-0.05, 0) is 24.6 Å². The molecule has 0 saturated carbocycles. The Balaban J connectivity index is 2.47. The van der Waals surface area contributed by atoms with Gasteiger partial charge in [-0.1, -0.05) is 63.4 Å². The van der Waals surface area contributed by atoms with Crippen LogP contribution in [0.3, 0.4) is 0 Å². The van der Waals surface area contributed by atoms with Gasteiger partial charge >= 0.3 is 0 Å². The first-order valence-electron chi connectivity index (χ1n) is 5.28. The summed E-state index contributed by atoms with van der Waals surface area (Å²) in [6, 6.07) is 13.2. The third-order valence-electron chi connectivity index (χ3n) is 2.65. The Morgan fingerprint density at radius 2 is 1.82 bits per heavy atom. The topological polar surface area (TPSA) is 20.2 Å². The number of hydrogen-bond acceptors (Lipinski definition) is 1. The van der Waals surface area contributed by atoms with E-state index < -0.39 is 6.10 Å². The highest BCUT2D eigenvalue weighted by molar-refractivity contribution is 9.10. The van der Waals surface area contributed by atoms with Gasteiger partial charge in [0.05, 0.1) is 0 Å². The summed E-state index contributed by atoms with van der Waals surface area (Å²) in [5, 5.41) is 10.9. The largest absolute Gasteiger partial charge is 0.384 e. The van der Waals surface area contributed by atoms with Crippen molar-refractivity contribution in [2.75, 3.05) is 0 Å². The van der Waals surface area contributed by atoms with Crippen LogP contribution >= 0.6 is 27.5 Å². The standard InChI is InChI=1S/C14H12BrClO/c1-9-6-7-12(15)11(8-9)14(17)10-4-2-3-5-13(10)16/h2-8,14,17H,1H3. The molecule has 0 heterocycles. The number of halogens is 2. The highest BCUT2D eigenvalue weighted by Crippen LogP contribution is 2.32. The third-order valence-corrected chi connectivity index (χ3v) is 3.71. The molecule has 17 heavy (non-hydrogen) atoms. The van der Waals surface area contributed by atoms with Crippen LogP contribution in [0.15, 0.2) is 46.9 Å². The van der Waals surface area contributed by atoms with Crippen molar-refractivity contribution in [1.29, 1.82) is 0 Å². The first-order valence-corrected chi connectivity index (χ1v) is 6.45. The monoisotopic (exact) mass is 310 g/mol. The van der Waals surface area contributed by atoms with Gasteiger partial charge in [0.25, 0.3) is 0 Å². The molecular weight excluding hydrogens is 300 g/mol. The smallest absolute Gasteiger partial charge is 0.107 e. The fourth-order valence-electron chi connectivity index (χ4n) is 1.74. The molecule has 0 aliphatic heterocycles. The molecule has 0 fully saturated rings. The fourth-order valence-corrected chi connectivity index (χ4v) is 2.44. The summed E-state index contributed by atoms with van der Waals surface area (Å²) >= 11 is 9.54. The first kappa shape index (κ1) is 12.6. The molecule has 2 rings (SSSR count). The van der Waals surface area contributed by atoms with Gasteiger partial charge in [-0.2, -0.15) is 0 Å². The van der Waals surface area contributed by atoms with Gasteiger partial charge < -0.3 is 5.11 Å². The van der Waals surface area contributed by atoms with E-state index >= 15 is 0 Å². The lowest BCUT2D eigenvalue weighted by Gasteiger charge is -2.15. The Bertz CT molecular complexity index is 539. The molecule has 0 amide bonds.